The first-order chi connectivity index (χ1) is 11.3. The molecular weight excluding hydrogens is 316 g/mol. The molecule has 1 rings (SSSR count). The van der Waals surface area contributed by atoms with Gasteiger partial charge in [0.2, 0.25) is 5.91 Å². The third-order valence-electron chi connectivity index (χ3n) is 4.08. The molecule has 0 saturated carbocycles. The predicted octanol–water partition coefficient (Wildman–Crippen LogP) is 3.24. The molecule has 5 heteroatoms. The van der Waals surface area contributed by atoms with Crippen molar-refractivity contribution in [1.82, 2.24) is 10.6 Å². The van der Waals surface area contributed by atoms with E-state index in [0.29, 0.717) is 12.1 Å². The second kappa shape index (κ2) is 7.46. The maximum Gasteiger partial charge on any atom is 0.251 e. The molecule has 140 valence electrons. The molecule has 0 spiro atoms. The van der Waals surface area contributed by atoms with Crippen LogP contribution in [0.1, 0.15) is 76.9 Å². The van der Waals surface area contributed by atoms with Crippen molar-refractivity contribution in [2.75, 3.05) is 6.54 Å². The van der Waals surface area contributed by atoms with Crippen molar-refractivity contribution in [2.24, 2.45) is 0 Å². The van der Waals surface area contributed by atoms with Crippen molar-refractivity contribution in [3.63, 3.8) is 0 Å². The summed E-state index contributed by atoms with van der Waals surface area (Å²) in [5.41, 5.74) is 1.26. The topological polar surface area (TPSA) is 78.4 Å². The summed E-state index contributed by atoms with van der Waals surface area (Å²) >= 11 is 0. The van der Waals surface area contributed by atoms with Gasteiger partial charge >= 0.3 is 0 Å². The Labute approximate surface area is 151 Å². The van der Waals surface area contributed by atoms with Gasteiger partial charge in [0.05, 0.1) is 0 Å². The smallest absolute Gasteiger partial charge is 0.251 e. The SMILES string of the molecule is CCNC(=O)C(C)NC(=O)c1cc(C(C)(C)C)c(O)c(C(C)(C)C)c1. The summed E-state index contributed by atoms with van der Waals surface area (Å²) in [7, 11) is 0. The monoisotopic (exact) mass is 348 g/mol. The number of rotatable bonds is 4. The number of nitrogens with one attached hydrogen (secondary N) is 2. The molecule has 1 aromatic carbocycles. The van der Waals surface area contributed by atoms with Gasteiger partial charge in [-0.05, 0) is 36.8 Å². The Bertz CT molecular complexity index is 617. The number of hydrogen-bond acceptors (Lipinski definition) is 3. The molecule has 1 unspecified atom stereocenters. The number of carbonyl (C=O) groups is 2. The van der Waals surface area contributed by atoms with Crippen LogP contribution >= 0.6 is 0 Å². The molecule has 0 radical (unpaired) electrons. The highest BCUT2D eigenvalue weighted by atomic mass is 16.3. The van der Waals surface area contributed by atoms with E-state index in [9.17, 15) is 14.7 Å². The molecule has 1 aromatic rings. The van der Waals surface area contributed by atoms with Crippen LogP contribution in [0.25, 0.3) is 0 Å². The summed E-state index contributed by atoms with van der Waals surface area (Å²) in [6.45, 7) is 16.0. The van der Waals surface area contributed by atoms with E-state index >= 15 is 0 Å². The second-order valence-electron chi connectivity index (χ2n) is 8.51. The summed E-state index contributed by atoms with van der Waals surface area (Å²) in [5, 5.41) is 16.1. The molecule has 5 nitrogen and oxygen atoms in total. The molecule has 0 aliphatic rings. The lowest BCUT2D eigenvalue weighted by Gasteiger charge is -2.28. The highest BCUT2D eigenvalue weighted by Gasteiger charge is 2.28. The van der Waals surface area contributed by atoms with Crippen molar-refractivity contribution in [3.8, 4) is 5.75 Å². The minimum atomic E-state index is -0.627. The average molecular weight is 348 g/mol. The molecule has 25 heavy (non-hydrogen) atoms. The summed E-state index contributed by atoms with van der Waals surface area (Å²) in [6.07, 6.45) is 0. The Balaban J connectivity index is 3.31. The van der Waals surface area contributed by atoms with E-state index in [1.165, 1.54) is 0 Å². The number of phenols is 1. The summed E-state index contributed by atoms with van der Waals surface area (Å²) in [5.74, 6) is -0.315. The van der Waals surface area contributed by atoms with E-state index in [-0.39, 0.29) is 28.4 Å². The van der Waals surface area contributed by atoms with Crippen molar-refractivity contribution in [2.45, 2.75) is 72.3 Å². The van der Waals surface area contributed by atoms with Gasteiger partial charge in [-0.1, -0.05) is 41.5 Å². The number of phenolic OH excluding ortho intramolecular Hbond substituents is 1. The molecule has 1 atom stereocenters. The first-order valence-corrected chi connectivity index (χ1v) is 8.75. The van der Waals surface area contributed by atoms with Crippen LogP contribution in [-0.2, 0) is 15.6 Å². The lowest BCUT2D eigenvalue weighted by atomic mass is 9.78. The van der Waals surface area contributed by atoms with Crippen LogP contribution < -0.4 is 10.6 Å². The fourth-order valence-electron chi connectivity index (χ4n) is 2.58. The van der Waals surface area contributed by atoms with Gasteiger partial charge in [0.1, 0.15) is 11.8 Å². The largest absolute Gasteiger partial charge is 0.507 e. The molecule has 0 aliphatic carbocycles. The minimum Gasteiger partial charge on any atom is -0.507 e. The summed E-state index contributed by atoms with van der Waals surface area (Å²) in [6, 6.07) is 2.80. The van der Waals surface area contributed by atoms with Crippen molar-refractivity contribution >= 4 is 11.8 Å². The van der Waals surface area contributed by atoms with Crippen LogP contribution in [0.5, 0.6) is 5.75 Å². The minimum absolute atomic E-state index is 0.221. The summed E-state index contributed by atoms with van der Waals surface area (Å²) < 4.78 is 0. The van der Waals surface area contributed by atoms with Crippen LogP contribution in [-0.4, -0.2) is 29.5 Å². The van der Waals surface area contributed by atoms with Gasteiger partial charge in [-0.25, -0.2) is 0 Å². The van der Waals surface area contributed by atoms with E-state index < -0.39 is 6.04 Å². The molecule has 0 aliphatic heterocycles. The average Bonchev–Trinajstić information content (AvgIpc) is 2.44. The number of hydrogen-bond donors (Lipinski definition) is 3. The Morgan fingerprint density at radius 2 is 1.48 bits per heavy atom. The number of amides is 2. The Hall–Kier alpha value is -2.04. The zero-order chi connectivity index (χ0) is 19.6. The van der Waals surface area contributed by atoms with E-state index in [1.807, 2.05) is 48.5 Å². The Kier molecular flexibility index (Phi) is 6.27. The zero-order valence-electron chi connectivity index (χ0n) is 16.7. The van der Waals surface area contributed by atoms with Crippen LogP contribution in [0, 0.1) is 0 Å². The van der Waals surface area contributed by atoms with E-state index in [1.54, 1.807) is 19.1 Å². The maximum absolute atomic E-state index is 12.7. The van der Waals surface area contributed by atoms with Gasteiger partial charge in [0, 0.05) is 23.2 Å². The fraction of sp³-hybridized carbons (Fsp3) is 0.600. The van der Waals surface area contributed by atoms with Crippen LogP contribution in [0.4, 0.5) is 0 Å². The Morgan fingerprint density at radius 3 is 1.84 bits per heavy atom. The first-order valence-electron chi connectivity index (χ1n) is 8.75. The van der Waals surface area contributed by atoms with Crippen molar-refractivity contribution in [1.29, 1.82) is 0 Å². The molecule has 0 saturated heterocycles. The number of likely N-dealkylation sites (N-methyl/N-ethyl adjacent to an activating group) is 1. The molecule has 0 heterocycles. The van der Waals surface area contributed by atoms with Gasteiger partial charge < -0.3 is 15.7 Å². The van der Waals surface area contributed by atoms with Gasteiger partial charge in [-0.3, -0.25) is 9.59 Å². The highest BCUT2D eigenvalue weighted by Crippen LogP contribution is 2.39. The van der Waals surface area contributed by atoms with Crippen molar-refractivity contribution < 1.29 is 14.7 Å². The first kappa shape index (κ1) is 21.0. The molecule has 0 fully saturated rings. The van der Waals surface area contributed by atoms with Crippen LogP contribution in [0.15, 0.2) is 12.1 Å². The molecule has 3 N–H and O–H groups in total. The van der Waals surface area contributed by atoms with Crippen molar-refractivity contribution in [3.05, 3.63) is 28.8 Å². The van der Waals surface area contributed by atoms with Crippen LogP contribution in [0.3, 0.4) is 0 Å². The number of benzene rings is 1. The van der Waals surface area contributed by atoms with Crippen LogP contribution in [0.2, 0.25) is 0 Å². The fourth-order valence-corrected chi connectivity index (χ4v) is 2.58. The predicted molar refractivity (Wildman–Crippen MR) is 101 cm³/mol. The highest BCUT2D eigenvalue weighted by molar-refractivity contribution is 5.98. The Morgan fingerprint density at radius 1 is 1.04 bits per heavy atom. The maximum atomic E-state index is 12.7. The number of aromatic hydroxyl groups is 1. The summed E-state index contributed by atoms with van der Waals surface area (Å²) in [4.78, 5) is 24.5. The molecule has 0 bridgehead atoms. The molecule has 0 aromatic heterocycles. The van der Waals surface area contributed by atoms with E-state index in [4.69, 9.17) is 0 Å². The lowest BCUT2D eigenvalue weighted by molar-refractivity contribution is -0.122. The molecular formula is C20H32N2O3. The third kappa shape index (κ3) is 5.21. The lowest BCUT2D eigenvalue weighted by Crippen LogP contribution is -2.44. The van der Waals surface area contributed by atoms with Gasteiger partial charge in [-0.15, -0.1) is 0 Å². The van der Waals surface area contributed by atoms with E-state index in [2.05, 4.69) is 10.6 Å². The van der Waals surface area contributed by atoms with Gasteiger partial charge in [-0.2, -0.15) is 0 Å². The van der Waals surface area contributed by atoms with E-state index in [0.717, 1.165) is 11.1 Å². The van der Waals surface area contributed by atoms with Gasteiger partial charge in [0.25, 0.3) is 5.91 Å². The standard InChI is InChI=1S/C20H32N2O3/c1-9-21-17(24)12(2)22-18(25)13-10-14(19(3,4)5)16(23)15(11-13)20(6,7)8/h10-12,23H,9H2,1-8H3,(H,21,24)(H,22,25). The zero-order valence-corrected chi connectivity index (χ0v) is 16.7. The number of carbonyl (C=O) groups excluding carboxylic acids is 2. The quantitative estimate of drug-likeness (QED) is 0.781. The van der Waals surface area contributed by atoms with Gasteiger partial charge in [0.15, 0.2) is 0 Å². The second-order valence-corrected chi connectivity index (χ2v) is 8.51. The molecule has 2 amide bonds. The normalized spacial score (nSPS) is 13.3. The third-order valence-corrected chi connectivity index (χ3v) is 4.08.